The molecule has 12 heteroatoms. The first-order chi connectivity index (χ1) is 15.3. The van der Waals surface area contributed by atoms with Gasteiger partial charge in [0.15, 0.2) is 17.0 Å². The van der Waals surface area contributed by atoms with E-state index < -0.39 is 23.9 Å². The summed E-state index contributed by atoms with van der Waals surface area (Å²) in [6.45, 7) is 0.417. The number of nitrogens with two attached hydrogens (primary N) is 2. The fraction of sp³-hybridized carbons (Fsp3) is 0.250. The number of ether oxygens (including phenoxy) is 1. The zero-order valence-electron chi connectivity index (χ0n) is 17.1. The number of carbonyl (C=O) groups excluding carboxylic acids is 3. The predicted molar refractivity (Wildman–Crippen MR) is 114 cm³/mol. The SMILES string of the molecule is CN(Cc1cnc2nc(N)nc(N)c2n1)c1ccc(C(=O)N[C@H]2CCC(=O)OC2=O)cc1. The number of nitrogens with one attached hydrogen (secondary N) is 1. The lowest BCUT2D eigenvalue weighted by atomic mass is 10.1. The summed E-state index contributed by atoms with van der Waals surface area (Å²) in [6.07, 6.45) is 1.89. The second kappa shape index (κ2) is 8.41. The molecule has 0 aliphatic carbocycles. The van der Waals surface area contributed by atoms with Crippen molar-refractivity contribution in [2.24, 2.45) is 0 Å². The summed E-state index contributed by atoms with van der Waals surface area (Å²) in [5.74, 6) is -1.55. The molecule has 1 atom stereocenters. The third-order valence-electron chi connectivity index (χ3n) is 4.91. The first-order valence-corrected chi connectivity index (χ1v) is 9.71. The lowest BCUT2D eigenvalue weighted by Gasteiger charge is -2.21. The maximum atomic E-state index is 12.4. The van der Waals surface area contributed by atoms with Crippen LogP contribution in [0.2, 0.25) is 0 Å². The van der Waals surface area contributed by atoms with E-state index in [1.807, 2.05) is 11.9 Å². The highest BCUT2D eigenvalue weighted by atomic mass is 16.6. The minimum Gasteiger partial charge on any atom is -0.392 e. The molecule has 1 amide bonds. The van der Waals surface area contributed by atoms with Gasteiger partial charge in [-0.05, 0) is 30.7 Å². The van der Waals surface area contributed by atoms with Crippen molar-refractivity contribution in [3.8, 4) is 0 Å². The molecule has 1 fully saturated rings. The Hall–Kier alpha value is -4.35. The highest BCUT2D eigenvalue weighted by Crippen LogP contribution is 2.19. The molecule has 0 unspecified atom stereocenters. The smallest absolute Gasteiger partial charge is 0.336 e. The lowest BCUT2D eigenvalue weighted by Crippen LogP contribution is -2.45. The van der Waals surface area contributed by atoms with Gasteiger partial charge in [-0.1, -0.05) is 0 Å². The van der Waals surface area contributed by atoms with Gasteiger partial charge in [0.25, 0.3) is 5.91 Å². The standard InChI is InChI=1S/C20H20N8O4/c1-28(9-11-8-23-17-15(24-11)16(21)26-20(22)27-17)12-4-2-10(3-5-12)18(30)25-13-6-7-14(29)32-19(13)31/h2-5,8,13H,6-7,9H2,1H3,(H,25,30)(H4,21,22,23,26,27)/t13-/m0/s1. The van der Waals surface area contributed by atoms with Crippen molar-refractivity contribution >= 4 is 46.5 Å². The summed E-state index contributed by atoms with van der Waals surface area (Å²) in [5.41, 5.74) is 14.0. The van der Waals surface area contributed by atoms with Gasteiger partial charge < -0.3 is 26.4 Å². The molecule has 12 nitrogen and oxygen atoms in total. The van der Waals surface area contributed by atoms with Crippen molar-refractivity contribution in [1.29, 1.82) is 0 Å². The summed E-state index contributed by atoms with van der Waals surface area (Å²) in [5, 5.41) is 2.59. The summed E-state index contributed by atoms with van der Waals surface area (Å²) in [7, 11) is 1.86. The molecule has 3 aromatic rings. The van der Waals surface area contributed by atoms with Crippen LogP contribution in [0, 0.1) is 0 Å². The number of cyclic esters (lactones) is 2. The van der Waals surface area contributed by atoms with E-state index in [1.54, 1.807) is 30.5 Å². The largest absolute Gasteiger partial charge is 0.392 e. The molecule has 5 N–H and O–H groups in total. The van der Waals surface area contributed by atoms with Crippen molar-refractivity contribution in [1.82, 2.24) is 25.3 Å². The second-order valence-corrected chi connectivity index (χ2v) is 7.26. The third kappa shape index (κ3) is 4.38. The summed E-state index contributed by atoms with van der Waals surface area (Å²) < 4.78 is 4.55. The van der Waals surface area contributed by atoms with Crippen LogP contribution >= 0.6 is 0 Å². The Morgan fingerprint density at radius 3 is 2.66 bits per heavy atom. The quantitative estimate of drug-likeness (QED) is 0.367. The molecule has 0 saturated carbocycles. The van der Waals surface area contributed by atoms with Crippen molar-refractivity contribution in [2.45, 2.75) is 25.4 Å². The van der Waals surface area contributed by atoms with Crippen molar-refractivity contribution in [3.05, 3.63) is 41.7 Å². The zero-order valence-corrected chi connectivity index (χ0v) is 17.1. The maximum Gasteiger partial charge on any atom is 0.336 e. The molecule has 0 radical (unpaired) electrons. The number of carbonyl (C=O) groups is 3. The van der Waals surface area contributed by atoms with E-state index >= 15 is 0 Å². The van der Waals surface area contributed by atoms with Crippen LogP contribution in [0.4, 0.5) is 17.5 Å². The summed E-state index contributed by atoms with van der Waals surface area (Å²) in [4.78, 5) is 53.8. The van der Waals surface area contributed by atoms with Gasteiger partial charge in [0.05, 0.1) is 18.4 Å². The van der Waals surface area contributed by atoms with E-state index in [0.29, 0.717) is 29.0 Å². The molecule has 2 aromatic heterocycles. The number of nitrogens with zero attached hydrogens (tertiary/aromatic N) is 5. The van der Waals surface area contributed by atoms with E-state index in [4.69, 9.17) is 11.5 Å². The second-order valence-electron chi connectivity index (χ2n) is 7.26. The van der Waals surface area contributed by atoms with Crippen LogP contribution in [0.15, 0.2) is 30.5 Å². The Bertz CT molecular complexity index is 1210. The number of hydrogen-bond acceptors (Lipinski definition) is 11. The molecule has 32 heavy (non-hydrogen) atoms. The molecule has 1 saturated heterocycles. The number of rotatable bonds is 5. The van der Waals surface area contributed by atoms with Crippen molar-refractivity contribution in [2.75, 3.05) is 23.4 Å². The molecule has 1 aliphatic heterocycles. The molecule has 164 valence electrons. The Kier molecular flexibility index (Phi) is 5.50. The van der Waals surface area contributed by atoms with Gasteiger partial charge in [-0.15, -0.1) is 0 Å². The number of aromatic nitrogens is 4. The topological polar surface area (TPSA) is 179 Å². The van der Waals surface area contributed by atoms with Gasteiger partial charge in [0.2, 0.25) is 5.95 Å². The molecule has 1 aliphatic rings. The first-order valence-electron chi connectivity index (χ1n) is 9.71. The number of benzene rings is 1. The van der Waals surface area contributed by atoms with Gasteiger partial charge in [-0.25, -0.2) is 14.8 Å². The summed E-state index contributed by atoms with van der Waals surface area (Å²) >= 11 is 0. The molecule has 0 spiro atoms. The Morgan fingerprint density at radius 2 is 1.94 bits per heavy atom. The van der Waals surface area contributed by atoms with Crippen LogP contribution in [0.5, 0.6) is 0 Å². The fourth-order valence-corrected chi connectivity index (χ4v) is 3.25. The van der Waals surface area contributed by atoms with E-state index in [1.165, 1.54) is 0 Å². The van der Waals surface area contributed by atoms with Gasteiger partial charge in [-0.2, -0.15) is 9.97 Å². The number of fused-ring (bicyclic) bond motifs is 1. The molecular weight excluding hydrogens is 416 g/mol. The average molecular weight is 436 g/mol. The van der Waals surface area contributed by atoms with Crippen LogP contribution in [-0.4, -0.2) is 50.9 Å². The Balaban J connectivity index is 1.42. The molecular formula is C20H20N8O4. The number of nitrogen functional groups attached to an aromatic ring is 2. The van der Waals surface area contributed by atoms with E-state index in [2.05, 4.69) is 30.0 Å². The molecule has 1 aromatic carbocycles. The average Bonchev–Trinajstić information content (AvgIpc) is 2.76. The number of hydrogen-bond donors (Lipinski definition) is 3. The van der Waals surface area contributed by atoms with Crippen LogP contribution in [0.3, 0.4) is 0 Å². The van der Waals surface area contributed by atoms with E-state index in [0.717, 1.165) is 5.69 Å². The number of esters is 2. The van der Waals surface area contributed by atoms with Gasteiger partial charge in [0.1, 0.15) is 6.04 Å². The van der Waals surface area contributed by atoms with Crippen LogP contribution in [-0.2, 0) is 20.9 Å². The minimum atomic E-state index is -0.833. The zero-order chi connectivity index (χ0) is 22.8. The third-order valence-corrected chi connectivity index (χ3v) is 4.91. The van der Waals surface area contributed by atoms with Gasteiger partial charge in [-0.3, -0.25) is 9.59 Å². The monoisotopic (exact) mass is 436 g/mol. The van der Waals surface area contributed by atoms with Gasteiger partial charge in [0, 0.05) is 24.7 Å². The van der Waals surface area contributed by atoms with Crippen molar-refractivity contribution < 1.29 is 19.1 Å². The summed E-state index contributed by atoms with van der Waals surface area (Å²) in [6, 6.07) is 5.98. The highest BCUT2D eigenvalue weighted by molar-refractivity contribution is 5.99. The first kappa shape index (κ1) is 20.9. The Morgan fingerprint density at radius 1 is 1.19 bits per heavy atom. The number of anilines is 3. The van der Waals surface area contributed by atoms with E-state index in [9.17, 15) is 14.4 Å². The normalized spacial score (nSPS) is 16.0. The predicted octanol–water partition coefficient (Wildman–Crippen LogP) is 0.183. The van der Waals surface area contributed by atoms with Crippen LogP contribution in [0.1, 0.15) is 28.9 Å². The molecule has 3 heterocycles. The molecule has 0 bridgehead atoms. The fourth-order valence-electron chi connectivity index (χ4n) is 3.25. The van der Waals surface area contributed by atoms with Gasteiger partial charge >= 0.3 is 11.9 Å². The highest BCUT2D eigenvalue weighted by Gasteiger charge is 2.30. The van der Waals surface area contributed by atoms with E-state index in [-0.39, 0.29) is 24.6 Å². The maximum absolute atomic E-state index is 12.4. The molecule has 4 rings (SSSR count). The van der Waals surface area contributed by atoms with Crippen LogP contribution in [0.25, 0.3) is 11.2 Å². The minimum absolute atomic E-state index is 0.0344. The number of amides is 1. The Labute approximate surface area is 182 Å². The lowest BCUT2D eigenvalue weighted by molar-refractivity contribution is -0.165. The van der Waals surface area contributed by atoms with Crippen LogP contribution < -0.4 is 21.7 Å². The van der Waals surface area contributed by atoms with Crippen molar-refractivity contribution in [3.63, 3.8) is 0 Å².